The Labute approximate surface area is 236 Å². The summed E-state index contributed by atoms with van der Waals surface area (Å²) in [6.45, 7) is 8.97. The van der Waals surface area contributed by atoms with Crippen LogP contribution in [0.4, 0.5) is 21.9 Å². The molecule has 40 heavy (non-hydrogen) atoms. The summed E-state index contributed by atoms with van der Waals surface area (Å²) in [6, 6.07) is 23.3. The molecule has 2 amide bonds. The van der Waals surface area contributed by atoms with Crippen molar-refractivity contribution in [3.05, 3.63) is 78.0 Å². The van der Waals surface area contributed by atoms with Gasteiger partial charge in [0.05, 0.1) is 29.9 Å². The SMILES string of the molecule is COc1cc2c(cc1N1CC(C)N(C)C(C)C1)N(C(=O)Nc1ccc(-c3cccc(C)n3)c3ccccc13)CC2. The third-order valence-corrected chi connectivity index (χ3v) is 8.55. The molecular weight excluding hydrogens is 498 g/mol. The molecule has 0 radical (unpaired) electrons. The maximum Gasteiger partial charge on any atom is 0.326 e. The first-order valence-corrected chi connectivity index (χ1v) is 14.1. The first-order valence-electron chi connectivity index (χ1n) is 14.1. The van der Waals surface area contributed by atoms with E-state index in [0.717, 1.165) is 75.6 Å². The zero-order valence-electron chi connectivity index (χ0n) is 23.9. The molecule has 0 aliphatic carbocycles. The molecule has 1 N–H and O–H groups in total. The fourth-order valence-electron chi connectivity index (χ4n) is 6.13. The minimum atomic E-state index is -0.124. The highest BCUT2D eigenvalue weighted by atomic mass is 16.5. The Kier molecular flexibility index (Phi) is 6.84. The number of methoxy groups -OCH3 is 1. The van der Waals surface area contributed by atoms with Gasteiger partial charge in [0.25, 0.3) is 0 Å². The van der Waals surface area contributed by atoms with Crippen LogP contribution < -0.4 is 19.9 Å². The molecule has 7 heteroatoms. The topological polar surface area (TPSA) is 60.9 Å². The second-order valence-electron chi connectivity index (χ2n) is 11.1. The van der Waals surface area contributed by atoms with Crippen LogP contribution >= 0.6 is 0 Å². The van der Waals surface area contributed by atoms with E-state index in [1.165, 1.54) is 0 Å². The van der Waals surface area contributed by atoms with Crippen LogP contribution in [0.15, 0.2) is 66.7 Å². The number of nitrogens with one attached hydrogen (secondary N) is 1. The molecule has 1 aromatic heterocycles. The summed E-state index contributed by atoms with van der Waals surface area (Å²) in [5.41, 5.74) is 6.89. The molecule has 2 unspecified atom stereocenters. The van der Waals surface area contributed by atoms with Crippen LogP contribution in [0.5, 0.6) is 5.75 Å². The van der Waals surface area contributed by atoms with Gasteiger partial charge in [-0.05, 0) is 75.5 Å². The fraction of sp³-hybridized carbons (Fsp3) is 0.333. The average molecular weight is 536 g/mol. The quantitative estimate of drug-likeness (QED) is 0.330. The number of rotatable bonds is 4. The van der Waals surface area contributed by atoms with Gasteiger partial charge in [-0.15, -0.1) is 0 Å². The lowest BCUT2D eigenvalue weighted by molar-refractivity contribution is 0.169. The molecule has 0 bridgehead atoms. The van der Waals surface area contributed by atoms with E-state index < -0.39 is 0 Å². The summed E-state index contributed by atoms with van der Waals surface area (Å²) in [6.07, 6.45) is 0.799. The number of fused-ring (bicyclic) bond motifs is 2. The summed E-state index contributed by atoms with van der Waals surface area (Å²) in [5.74, 6) is 0.872. The van der Waals surface area contributed by atoms with Crippen LogP contribution in [-0.4, -0.2) is 61.8 Å². The summed E-state index contributed by atoms with van der Waals surface area (Å²) in [4.78, 5) is 25.2. The Bertz CT molecular complexity index is 1570. The van der Waals surface area contributed by atoms with E-state index in [4.69, 9.17) is 9.72 Å². The standard InChI is InChI=1S/C33H37N5O2/c1-21-9-8-12-28(34-21)27-13-14-29(26-11-7-6-10-25(26)27)35-33(39)38-16-15-24-17-32(40-5)31(18-30(24)38)37-19-22(2)36(4)23(3)20-37/h6-14,17-18,22-23H,15-16,19-20H2,1-5H3,(H,35,39). The molecule has 7 nitrogen and oxygen atoms in total. The lowest BCUT2D eigenvalue weighted by Gasteiger charge is -2.44. The number of hydrogen-bond donors (Lipinski definition) is 1. The largest absolute Gasteiger partial charge is 0.495 e. The normalized spacial score (nSPS) is 19.1. The number of urea groups is 1. The smallest absolute Gasteiger partial charge is 0.326 e. The molecule has 0 spiro atoms. The number of pyridine rings is 1. The third kappa shape index (κ3) is 4.64. The monoisotopic (exact) mass is 535 g/mol. The van der Waals surface area contributed by atoms with E-state index in [1.54, 1.807) is 7.11 Å². The summed E-state index contributed by atoms with van der Waals surface area (Å²) < 4.78 is 5.84. The van der Waals surface area contributed by atoms with Gasteiger partial charge in [0.1, 0.15) is 5.75 Å². The molecule has 4 aromatic rings. The fourth-order valence-corrected chi connectivity index (χ4v) is 6.13. The Hall–Kier alpha value is -4.10. The van der Waals surface area contributed by atoms with Crippen LogP contribution in [0.2, 0.25) is 0 Å². The minimum Gasteiger partial charge on any atom is -0.495 e. The second kappa shape index (κ2) is 10.5. The second-order valence-corrected chi connectivity index (χ2v) is 11.1. The van der Waals surface area contributed by atoms with Crippen molar-refractivity contribution in [2.45, 2.75) is 39.3 Å². The molecule has 6 rings (SSSR count). The van der Waals surface area contributed by atoms with Crippen LogP contribution in [0.3, 0.4) is 0 Å². The number of ether oxygens (including phenoxy) is 1. The van der Waals surface area contributed by atoms with Gasteiger partial charge in [0.15, 0.2) is 0 Å². The number of carbonyl (C=O) groups excluding carboxylic acids is 1. The molecule has 0 saturated carbocycles. The van der Waals surface area contributed by atoms with Gasteiger partial charge < -0.3 is 15.0 Å². The van der Waals surface area contributed by atoms with Crippen molar-refractivity contribution in [3.8, 4) is 17.0 Å². The number of anilines is 3. The van der Waals surface area contributed by atoms with Gasteiger partial charge in [-0.25, -0.2) is 4.79 Å². The predicted molar refractivity (Wildman–Crippen MR) is 164 cm³/mol. The Balaban J connectivity index is 1.31. The summed E-state index contributed by atoms with van der Waals surface area (Å²) in [7, 11) is 3.92. The molecule has 1 saturated heterocycles. The van der Waals surface area contributed by atoms with Crippen LogP contribution in [0.25, 0.3) is 22.0 Å². The van der Waals surface area contributed by atoms with Crippen molar-refractivity contribution < 1.29 is 9.53 Å². The Morgan fingerprint density at radius 2 is 1.70 bits per heavy atom. The number of piperazine rings is 1. The van der Waals surface area contributed by atoms with Crippen molar-refractivity contribution in [2.75, 3.05) is 48.9 Å². The van der Waals surface area contributed by atoms with Crippen molar-refractivity contribution in [1.29, 1.82) is 0 Å². The number of hydrogen-bond acceptors (Lipinski definition) is 5. The van der Waals surface area contributed by atoms with Crippen molar-refractivity contribution in [1.82, 2.24) is 9.88 Å². The van der Waals surface area contributed by atoms with E-state index in [9.17, 15) is 4.79 Å². The highest BCUT2D eigenvalue weighted by molar-refractivity contribution is 6.11. The highest BCUT2D eigenvalue weighted by Crippen LogP contribution is 2.41. The van der Waals surface area contributed by atoms with Gasteiger partial charge >= 0.3 is 6.03 Å². The molecule has 3 heterocycles. The lowest BCUT2D eigenvalue weighted by Crippen LogP contribution is -2.55. The first-order chi connectivity index (χ1) is 19.3. The maximum absolute atomic E-state index is 13.8. The molecule has 1 fully saturated rings. The molecule has 206 valence electrons. The molecule has 2 atom stereocenters. The van der Waals surface area contributed by atoms with Gasteiger partial charge in [-0.1, -0.05) is 36.4 Å². The average Bonchev–Trinajstić information content (AvgIpc) is 3.38. The van der Waals surface area contributed by atoms with E-state index in [-0.39, 0.29) is 6.03 Å². The number of carbonyl (C=O) groups is 1. The van der Waals surface area contributed by atoms with Crippen molar-refractivity contribution in [3.63, 3.8) is 0 Å². The molecular formula is C33H37N5O2. The van der Waals surface area contributed by atoms with Gasteiger partial charge in [-0.3, -0.25) is 14.8 Å². The number of aryl methyl sites for hydroxylation is 1. The highest BCUT2D eigenvalue weighted by Gasteiger charge is 2.32. The van der Waals surface area contributed by atoms with Crippen LogP contribution in [-0.2, 0) is 6.42 Å². The van der Waals surface area contributed by atoms with Crippen LogP contribution in [0.1, 0.15) is 25.1 Å². The minimum absolute atomic E-state index is 0.124. The van der Waals surface area contributed by atoms with E-state index >= 15 is 0 Å². The van der Waals surface area contributed by atoms with E-state index in [2.05, 4.69) is 66.3 Å². The lowest BCUT2D eigenvalue weighted by atomic mass is 10.00. The number of nitrogens with zero attached hydrogens (tertiary/aromatic N) is 4. The maximum atomic E-state index is 13.8. The Morgan fingerprint density at radius 3 is 2.42 bits per heavy atom. The predicted octanol–water partition coefficient (Wildman–Crippen LogP) is 6.34. The Morgan fingerprint density at radius 1 is 0.950 bits per heavy atom. The van der Waals surface area contributed by atoms with Crippen molar-refractivity contribution in [2.24, 2.45) is 0 Å². The third-order valence-electron chi connectivity index (χ3n) is 8.55. The van der Waals surface area contributed by atoms with Gasteiger partial charge in [0.2, 0.25) is 0 Å². The number of likely N-dealkylation sites (N-methyl/N-ethyl adjacent to an activating group) is 1. The summed E-state index contributed by atoms with van der Waals surface area (Å²) in [5, 5.41) is 5.27. The van der Waals surface area contributed by atoms with Crippen molar-refractivity contribution >= 4 is 33.9 Å². The van der Waals surface area contributed by atoms with Gasteiger partial charge in [0, 0.05) is 48.4 Å². The molecule has 2 aliphatic rings. The number of aromatic nitrogens is 1. The molecule has 2 aliphatic heterocycles. The van der Waals surface area contributed by atoms with Gasteiger partial charge in [-0.2, -0.15) is 0 Å². The zero-order valence-corrected chi connectivity index (χ0v) is 23.9. The summed E-state index contributed by atoms with van der Waals surface area (Å²) >= 11 is 0. The van der Waals surface area contributed by atoms with E-state index in [0.29, 0.717) is 18.6 Å². The molecule has 3 aromatic carbocycles. The first kappa shape index (κ1) is 26.1. The zero-order chi connectivity index (χ0) is 28.0. The van der Waals surface area contributed by atoms with E-state index in [1.807, 2.05) is 48.2 Å². The van der Waals surface area contributed by atoms with Crippen LogP contribution in [0, 0.1) is 6.92 Å². The number of benzene rings is 3. The number of amides is 2.